The summed E-state index contributed by atoms with van der Waals surface area (Å²) in [6, 6.07) is 22.2. The van der Waals surface area contributed by atoms with Crippen LogP contribution in [-0.4, -0.2) is 20.6 Å². The number of carboxylic acids is 1. The molecule has 0 radical (unpaired) electrons. The number of fused-ring (bicyclic) bond motifs is 1. The number of aryl methyl sites for hydroxylation is 1. The Morgan fingerprint density at radius 1 is 1.00 bits per heavy atom. The molecule has 7 heteroatoms. The first-order valence-electron chi connectivity index (χ1n) is 9.99. The van der Waals surface area contributed by atoms with Gasteiger partial charge in [-0.1, -0.05) is 60.7 Å². The Hall–Kier alpha value is -3.97. The second kappa shape index (κ2) is 7.94. The summed E-state index contributed by atoms with van der Waals surface area (Å²) in [5, 5.41) is 9.74. The molecule has 0 fully saturated rings. The fourth-order valence-electron chi connectivity index (χ4n) is 3.84. The minimum absolute atomic E-state index is 0.0718. The van der Waals surface area contributed by atoms with Crippen molar-refractivity contribution in [3.63, 3.8) is 0 Å². The highest BCUT2D eigenvalue weighted by atomic mass is 32.1. The van der Waals surface area contributed by atoms with Crippen LogP contribution in [0.4, 0.5) is 0 Å². The Morgan fingerprint density at radius 3 is 2.28 bits per heavy atom. The summed E-state index contributed by atoms with van der Waals surface area (Å²) in [4.78, 5) is 31.6. The highest BCUT2D eigenvalue weighted by Crippen LogP contribution is 2.36. The van der Waals surface area contributed by atoms with Gasteiger partial charge < -0.3 is 9.52 Å². The lowest BCUT2D eigenvalue weighted by Gasteiger charge is -2.12. The van der Waals surface area contributed by atoms with E-state index >= 15 is 0 Å². The van der Waals surface area contributed by atoms with E-state index in [-0.39, 0.29) is 17.9 Å². The van der Waals surface area contributed by atoms with Crippen LogP contribution in [0.25, 0.3) is 32.7 Å². The molecule has 0 unspecified atom stereocenters. The molecular weight excluding hydrogens is 424 g/mol. The van der Waals surface area contributed by atoms with Gasteiger partial charge in [0.2, 0.25) is 5.76 Å². The molecule has 5 aromatic rings. The van der Waals surface area contributed by atoms with Gasteiger partial charge in [-0.15, -0.1) is 11.3 Å². The Bertz CT molecular complexity index is 1500. The SMILES string of the molecule is Cc1sc2nc(-c3ccccc3)n(Cc3ccc(C(=O)O)o3)c(=O)c2c1-c1ccccc1. The maximum atomic E-state index is 13.8. The van der Waals surface area contributed by atoms with Crippen LogP contribution in [0.5, 0.6) is 0 Å². The predicted octanol–water partition coefficient (Wildman–Crippen LogP) is 5.44. The number of aromatic carboxylic acids is 1. The van der Waals surface area contributed by atoms with E-state index in [4.69, 9.17) is 9.40 Å². The zero-order chi connectivity index (χ0) is 22.2. The van der Waals surface area contributed by atoms with Gasteiger partial charge in [0.05, 0.1) is 11.9 Å². The zero-order valence-corrected chi connectivity index (χ0v) is 17.9. The topological polar surface area (TPSA) is 85.3 Å². The van der Waals surface area contributed by atoms with E-state index in [2.05, 4.69) is 0 Å². The van der Waals surface area contributed by atoms with Crippen LogP contribution in [-0.2, 0) is 6.54 Å². The number of carboxylic acid groups (broad SMARTS) is 1. The first kappa shape index (κ1) is 20.0. The Labute approximate surface area is 187 Å². The van der Waals surface area contributed by atoms with E-state index in [1.165, 1.54) is 17.4 Å². The van der Waals surface area contributed by atoms with Crippen molar-refractivity contribution in [2.75, 3.05) is 0 Å². The molecule has 0 aliphatic rings. The smallest absolute Gasteiger partial charge is 0.371 e. The van der Waals surface area contributed by atoms with Crippen LogP contribution in [0.1, 0.15) is 21.2 Å². The minimum atomic E-state index is -1.15. The van der Waals surface area contributed by atoms with Crippen molar-refractivity contribution >= 4 is 27.5 Å². The molecule has 3 heterocycles. The standard InChI is InChI=1S/C25H18N2O4S/c1-15-20(16-8-4-2-5-9-16)21-23(32-15)26-22(17-10-6-3-7-11-17)27(24(21)28)14-18-12-13-19(31-18)25(29)30/h2-13H,14H2,1H3,(H,29,30). The first-order chi connectivity index (χ1) is 15.5. The van der Waals surface area contributed by atoms with Gasteiger partial charge in [0.15, 0.2) is 0 Å². The van der Waals surface area contributed by atoms with Crippen LogP contribution in [0.15, 0.2) is 82.0 Å². The fourth-order valence-corrected chi connectivity index (χ4v) is 4.87. The van der Waals surface area contributed by atoms with Crippen LogP contribution in [0.2, 0.25) is 0 Å². The van der Waals surface area contributed by atoms with Gasteiger partial charge in [-0.2, -0.15) is 0 Å². The number of benzene rings is 2. The molecule has 1 N–H and O–H groups in total. The van der Waals surface area contributed by atoms with E-state index in [1.54, 1.807) is 10.6 Å². The molecule has 2 aromatic carbocycles. The molecule has 158 valence electrons. The number of nitrogens with zero attached hydrogens (tertiary/aromatic N) is 2. The second-order valence-corrected chi connectivity index (χ2v) is 8.55. The largest absolute Gasteiger partial charge is 0.475 e. The third kappa shape index (κ3) is 3.42. The van der Waals surface area contributed by atoms with Crippen molar-refractivity contribution in [1.29, 1.82) is 0 Å². The van der Waals surface area contributed by atoms with Crippen LogP contribution in [0.3, 0.4) is 0 Å². The van der Waals surface area contributed by atoms with Crippen LogP contribution in [0, 0.1) is 6.92 Å². The number of furan rings is 1. The molecular formula is C25H18N2O4S. The highest BCUT2D eigenvalue weighted by Gasteiger charge is 2.21. The lowest BCUT2D eigenvalue weighted by Crippen LogP contribution is -2.23. The Morgan fingerprint density at radius 2 is 1.66 bits per heavy atom. The van der Waals surface area contributed by atoms with Gasteiger partial charge in [-0.05, 0) is 24.6 Å². The minimum Gasteiger partial charge on any atom is -0.475 e. The lowest BCUT2D eigenvalue weighted by molar-refractivity contribution is 0.0660. The van der Waals surface area contributed by atoms with Crippen molar-refractivity contribution in [1.82, 2.24) is 9.55 Å². The number of rotatable bonds is 5. The van der Waals surface area contributed by atoms with Gasteiger partial charge in [0.25, 0.3) is 5.56 Å². The van der Waals surface area contributed by atoms with E-state index in [0.717, 1.165) is 21.6 Å². The molecule has 0 spiro atoms. The fraction of sp³-hybridized carbons (Fsp3) is 0.0800. The third-order valence-corrected chi connectivity index (χ3v) is 6.27. The van der Waals surface area contributed by atoms with Crippen molar-refractivity contribution in [2.24, 2.45) is 0 Å². The van der Waals surface area contributed by atoms with E-state index in [0.29, 0.717) is 21.8 Å². The van der Waals surface area contributed by atoms with Gasteiger partial charge in [-0.3, -0.25) is 9.36 Å². The molecule has 0 amide bonds. The first-order valence-corrected chi connectivity index (χ1v) is 10.8. The van der Waals surface area contributed by atoms with Gasteiger partial charge >= 0.3 is 5.97 Å². The zero-order valence-electron chi connectivity index (χ0n) is 17.1. The van der Waals surface area contributed by atoms with E-state index in [1.807, 2.05) is 67.6 Å². The molecule has 0 saturated heterocycles. The number of carbonyl (C=O) groups is 1. The molecule has 0 atom stereocenters. The maximum absolute atomic E-state index is 13.8. The summed E-state index contributed by atoms with van der Waals surface area (Å²) in [6.07, 6.45) is 0. The van der Waals surface area contributed by atoms with Gasteiger partial charge in [-0.25, -0.2) is 9.78 Å². The van der Waals surface area contributed by atoms with Crippen molar-refractivity contribution in [3.8, 4) is 22.5 Å². The number of hydrogen-bond acceptors (Lipinski definition) is 5. The summed E-state index contributed by atoms with van der Waals surface area (Å²) in [7, 11) is 0. The average Bonchev–Trinajstić information content (AvgIpc) is 3.41. The molecule has 32 heavy (non-hydrogen) atoms. The van der Waals surface area contributed by atoms with E-state index in [9.17, 15) is 14.7 Å². The summed E-state index contributed by atoms with van der Waals surface area (Å²) >= 11 is 1.49. The van der Waals surface area contributed by atoms with Gasteiger partial charge in [0, 0.05) is 16.0 Å². The Kier molecular flexibility index (Phi) is 4.95. The molecule has 6 nitrogen and oxygen atoms in total. The van der Waals surface area contributed by atoms with Crippen LogP contribution >= 0.6 is 11.3 Å². The predicted molar refractivity (Wildman–Crippen MR) is 124 cm³/mol. The highest BCUT2D eigenvalue weighted by molar-refractivity contribution is 7.19. The summed E-state index contributed by atoms with van der Waals surface area (Å²) in [5.41, 5.74) is 2.44. The maximum Gasteiger partial charge on any atom is 0.371 e. The third-order valence-electron chi connectivity index (χ3n) is 5.27. The normalized spacial score (nSPS) is 11.2. The molecule has 0 saturated carbocycles. The Balaban J connectivity index is 1.78. The quantitative estimate of drug-likeness (QED) is 0.392. The molecule has 5 rings (SSSR count). The number of hydrogen-bond donors (Lipinski definition) is 1. The summed E-state index contributed by atoms with van der Waals surface area (Å²) in [6.45, 7) is 2.06. The van der Waals surface area contributed by atoms with E-state index < -0.39 is 5.97 Å². The lowest BCUT2D eigenvalue weighted by atomic mass is 10.0. The average molecular weight is 442 g/mol. The van der Waals surface area contributed by atoms with Crippen molar-refractivity contribution in [3.05, 3.63) is 99.5 Å². The van der Waals surface area contributed by atoms with Crippen molar-refractivity contribution < 1.29 is 14.3 Å². The summed E-state index contributed by atoms with van der Waals surface area (Å²) < 4.78 is 7.00. The second-order valence-electron chi connectivity index (χ2n) is 7.34. The van der Waals surface area contributed by atoms with Crippen molar-refractivity contribution in [2.45, 2.75) is 13.5 Å². The van der Waals surface area contributed by atoms with Crippen LogP contribution < -0.4 is 5.56 Å². The van der Waals surface area contributed by atoms with Gasteiger partial charge in [0.1, 0.15) is 16.4 Å². The molecule has 3 aromatic heterocycles. The molecule has 0 bridgehead atoms. The number of aromatic nitrogens is 2. The summed E-state index contributed by atoms with van der Waals surface area (Å²) in [5.74, 6) is -0.437. The monoisotopic (exact) mass is 442 g/mol. The molecule has 0 aliphatic carbocycles. The number of thiophene rings is 1. The molecule has 0 aliphatic heterocycles.